The fourth-order valence-corrected chi connectivity index (χ4v) is 6.44. The third-order valence-electron chi connectivity index (χ3n) is 6.99. The second-order valence-electron chi connectivity index (χ2n) is 9.96. The number of rotatable bonds is 12. The van der Waals surface area contributed by atoms with Crippen LogP contribution in [0.25, 0.3) is 11.1 Å². The van der Waals surface area contributed by atoms with E-state index < -0.39 is 27.2 Å². The average Bonchev–Trinajstić information content (AvgIpc) is 3.33. The largest absolute Gasteiger partial charge is 0.438 e. The van der Waals surface area contributed by atoms with E-state index in [2.05, 4.69) is 15.6 Å². The summed E-state index contributed by atoms with van der Waals surface area (Å²) < 4.78 is 31.4. The fraction of sp³-hybridized carbons (Fsp3) is 0.500. The summed E-state index contributed by atoms with van der Waals surface area (Å²) in [5.41, 5.74) is 1.95. The lowest BCUT2D eigenvalue weighted by molar-refractivity contribution is -0.123. The number of sulfone groups is 1. The molecule has 0 saturated heterocycles. The number of amides is 1. The van der Waals surface area contributed by atoms with Crippen LogP contribution in [-0.4, -0.2) is 49.3 Å². The minimum atomic E-state index is -3.58. The summed E-state index contributed by atoms with van der Waals surface area (Å²) in [6.45, 7) is 0.382. The maximum absolute atomic E-state index is 13.4. The number of hydrogen-bond donors (Lipinski definition) is 3. The van der Waals surface area contributed by atoms with E-state index in [0.29, 0.717) is 48.4 Å². The van der Waals surface area contributed by atoms with Crippen molar-refractivity contribution in [2.75, 3.05) is 12.8 Å². The first-order valence-corrected chi connectivity index (χ1v) is 15.1. The zero-order chi connectivity index (χ0) is 26.3. The van der Waals surface area contributed by atoms with Crippen molar-refractivity contribution >= 4 is 26.8 Å². The van der Waals surface area contributed by atoms with Crippen molar-refractivity contribution < 1.29 is 22.7 Å². The van der Waals surface area contributed by atoms with E-state index in [1.807, 2.05) is 30.3 Å². The molecule has 0 spiro atoms. The predicted molar refractivity (Wildman–Crippen MR) is 144 cm³/mol. The number of aliphatic hydroxyl groups excluding tert-OH is 1. The molecule has 0 aliphatic heterocycles. The van der Waals surface area contributed by atoms with Gasteiger partial charge in [-0.25, -0.2) is 13.4 Å². The molecular weight excluding hydrogens is 490 g/mol. The van der Waals surface area contributed by atoms with Crippen molar-refractivity contribution in [3.8, 4) is 0 Å². The first-order chi connectivity index (χ1) is 17.8. The minimum absolute atomic E-state index is 0.115. The number of aliphatic hydroxyl groups is 1. The third-order valence-corrected chi connectivity index (χ3v) is 8.46. The Morgan fingerprint density at radius 1 is 1.05 bits per heavy atom. The van der Waals surface area contributed by atoms with Gasteiger partial charge in [0, 0.05) is 18.8 Å². The number of nitrogens with zero attached hydrogens (tertiary/aromatic N) is 1. The molecule has 1 aliphatic carbocycles. The van der Waals surface area contributed by atoms with Crippen LogP contribution < -0.4 is 10.6 Å². The first kappa shape index (κ1) is 27.3. The highest BCUT2D eigenvalue weighted by Crippen LogP contribution is 2.28. The summed E-state index contributed by atoms with van der Waals surface area (Å²) in [6.07, 6.45) is 7.28. The number of fused-ring (bicyclic) bond motifs is 1. The number of carbonyl (C=O) groups excluding carboxylic acids is 1. The molecule has 9 heteroatoms. The lowest BCUT2D eigenvalue weighted by Crippen LogP contribution is -2.53. The summed E-state index contributed by atoms with van der Waals surface area (Å²) in [4.78, 5) is 17.7. The van der Waals surface area contributed by atoms with Crippen molar-refractivity contribution in [1.29, 1.82) is 0 Å². The van der Waals surface area contributed by atoms with Crippen LogP contribution in [0.15, 0.2) is 59.0 Å². The van der Waals surface area contributed by atoms with E-state index in [0.717, 1.165) is 25.7 Å². The second kappa shape index (κ2) is 12.7. The van der Waals surface area contributed by atoms with Crippen LogP contribution in [0.3, 0.4) is 0 Å². The normalized spacial score (nSPS) is 17.4. The number of benzene rings is 2. The Kier molecular flexibility index (Phi) is 9.34. The lowest BCUT2D eigenvalue weighted by atomic mass is 9.93. The summed E-state index contributed by atoms with van der Waals surface area (Å²) in [6, 6.07) is 15.6. The number of aromatic nitrogens is 1. The molecule has 200 valence electrons. The number of unbranched alkanes of at least 4 members (excludes halogenated alkanes) is 1. The fourth-order valence-electron chi connectivity index (χ4n) is 5.09. The van der Waals surface area contributed by atoms with Crippen LogP contribution in [0.5, 0.6) is 0 Å². The molecule has 1 heterocycles. The van der Waals surface area contributed by atoms with Crippen molar-refractivity contribution in [3.63, 3.8) is 0 Å². The molecule has 4 rings (SSSR count). The molecule has 2 aromatic carbocycles. The Labute approximate surface area is 218 Å². The van der Waals surface area contributed by atoms with Crippen LogP contribution in [-0.2, 0) is 14.6 Å². The summed E-state index contributed by atoms with van der Waals surface area (Å²) in [5.74, 6) is -0.0230. The van der Waals surface area contributed by atoms with E-state index in [9.17, 15) is 18.3 Å². The molecule has 1 aromatic heterocycles. The molecule has 0 bridgehead atoms. The molecule has 1 aliphatic rings. The van der Waals surface area contributed by atoms with E-state index in [1.165, 1.54) is 12.7 Å². The lowest BCUT2D eigenvalue weighted by Gasteiger charge is -2.32. The smallest absolute Gasteiger partial charge is 0.238 e. The van der Waals surface area contributed by atoms with E-state index >= 15 is 0 Å². The van der Waals surface area contributed by atoms with Crippen molar-refractivity contribution in [2.24, 2.45) is 0 Å². The molecule has 1 fully saturated rings. The topological polar surface area (TPSA) is 122 Å². The van der Waals surface area contributed by atoms with Gasteiger partial charge in [0.1, 0.15) is 22.9 Å². The zero-order valence-corrected chi connectivity index (χ0v) is 22.1. The number of carbonyl (C=O) groups is 1. The summed E-state index contributed by atoms with van der Waals surface area (Å²) in [7, 11) is -3.58. The number of oxazole rings is 1. The molecule has 3 N–H and O–H groups in total. The molecule has 3 atom stereocenters. The predicted octanol–water partition coefficient (Wildman–Crippen LogP) is 4.22. The Hall–Kier alpha value is -2.75. The van der Waals surface area contributed by atoms with Gasteiger partial charge in [0.25, 0.3) is 0 Å². The maximum Gasteiger partial charge on any atom is 0.238 e. The van der Waals surface area contributed by atoms with E-state index in [1.54, 1.807) is 24.3 Å². The monoisotopic (exact) mass is 527 g/mol. The van der Waals surface area contributed by atoms with Crippen LogP contribution >= 0.6 is 0 Å². The molecule has 0 radical (unpaired) electrons. The Bertz CT molecular complexity index is 1220. The van der Waals surface area contributed by atoms with Gasteiger partial charge in [-0.2, -0.15) is 0 Å². The molecular formula is C28H37N3O5S. The average molecular weight is 528 g/mol. The van der Waals surface area contributed by atoms with Gasteiger partial charge in [0.2, 0.25) is 11.8 Å². The SMILES string of the molecule is CS(=O)(=O)C(c1ccccc1)C(NC1CCCCC1)C(=O)NCCCCC(O)c1nc2ccccc2o1. The van der Waals surface area contributed by atoms with Crippen molar-refractivity contribution in [1.82, 2.24) is 15.6 Å². The van der Waals surface area contributed by atoms with Gasteiger partial charge in [-0.3, -0.25) is 4.79 Å². The van der Waals surface area contributed by atoms with Crippen molar-refractivity contribution in [2.45, 2.75) is 74.8 Å². The van der Waals surface area contributed by atoms with Crippen LogP contribution in [0.4, 0.5) is 0 Å². The quantitative estimate of drug-likeness (QED) is 0.302. The zero-order valence-electron chi connectivity index (χ0n) is 21.3. The standard InChI is InChI=1S/C28H37N3O5S/c1-37(34,35)26(20-12-4-2-5-13-20)25(30-21-14-6-3-7-15-21)27(33)29-19-11-10-17-23(32)28-31-22-16-8-9-18-24(22)36-28/h2,4-5,8-9,12-13,16,18,21,23,25-26,30,32H,3,6-7,10-11,14-15,17,19H2,1H3,(H,29,33). The van der Waals surface area contributed by atoms with Crippen LogP contribution in [0, 0.1) is 0 Å². The molecule has 1 amide bonds. The first-order valence-electron chi connectivity index (χ1n) is 13.1. The van der Waals surface area contributed by atoms with Crippen LogP contribution in [0.1, 0.15) is 74.2 Å². The van der Waals surface area contributed by atoms with Gasteiger partial charge in [-0.1, -0.05) is 61.7 Å². The van der Waals surface area contributed by atoms with E-state index in [4.69, 9.17) is 4.42 Å². The third kappa shape index (κ3) is 7.40. The summed E-state index contributed by atoms with van der Waals surface area (Å²) >= 11 is 0. The number of hydrogen-bond acceptors (Lipinski definition) is 7. The van der Waals surface area contributed by atoms with Gasteiger partial charge in [-0.05, 0) is 49.8 Å². The van der Waals surface area contributed by atoms with Gasteiger partial charge < -0.3 is 20.2 Å². The highest BCUT2D eigenvalue weighted by Gasteiger charge is 2.38. The van der Waals surface area contributed by atoms with Gasteiger partial charge in [0.05, 0.1) is 0 Å². The molecule has 1 saturated carbocycles. The van der Waals surface area contributed by atoms with Crippen molar-refractivity contribution in [3.05, 3.63) is 66.1 Å². The van der Waals surface area contributed by atoms with Gasteiger partial charge in [0.15, 0.2) is 15.4 Å². The van der Waals surface area contributed by atoms with E-state index in [-0.39, 0.29) is 11.9 Å². The molecule has 3 unspecified atom stereocenters. The minimum Gasteiger partial charge on any atom is -0.438 e. The molecule has 3 aromatic rings. The Morgan fingerprint density at radius 2 is 1.76 bits per heavy atom. The molecule has 37 heavy (non-hydrogen) atoms. The number of nitrogens with one attached hydrogen (secondary N) is 2. The van der Waals surface area contributed by atoms with Gasteiger partial charge >= 0.3 is 0 Å². The van der Waals surface area contributed by atoms with Gasteiger partial charge in [-0.15, -0.1) is 0 Å². The second-order valence-corrected chi connectivity index (χ2v) is 12.1. The highest BCUT2D eigenvalue weighted by atomic mass is 32.2. The van der Waals surface area contributed by atoms with Crippen LogP contribution in [0.2, 0.25) is 0 Å². The maximum atomic E-state index is 13.4. The Morgan fingerprint density at radius 3 is 2.46 bits per heavy atom. The highest BCUT2D eigenvalue weighted by molar-refractivity contribution is 7.91. The Balaban J connectivity index is 1.36. The summed E-state index contributed by atoms with van der Waals surface area (Å²) in [5, 5.41) is 15.8. The number of para-hydroxylation sites is 2. The molecule has 8 nitrogen and oxygen atoms in total.